The van der Waals surface area contributed by atoms with Crippen LogP contribution in [-0.4, -0.2) is 38.8 Å². The molecule has 1 N–H and O–H groups in total. The molecule has 5 nitrogen and oxygen atoms in total. The Kier molecular flexibility index (Phi) is 7.22. The summed E-state index contributed by atoms with van der Waals surface area (Å²) in [5.74, 6) is -1.60. The molecule has 0 atom stereocenters. The van der Waals surface area contributed by atoms with E-state index in [1.807, 2.05) is 18.2 Å². The van der Waals surface area contributed by atoms with Crippen LogP contribution in [0.15, 0.2) is 40.9 Å². The molecule has 0 aromatic heterocycles. The minimum Gasteiger partial charge on any atom is -0.491 e. The van der Waals surface area contributed by atoms with Gasteiger partial charge >= 0.3 is 0 Å². The SMILES string of the molecule is O=C(CCCOc1ccc(F)cc1F)Nc1cc(Br)ccc1N1CCOCC1. The first kappa shape index (κ1) is 20.5. The molecule has 0 spiro atoms. The average Bonchev–Trinajstić information content (AvgIpc) is 2.67. The van der Waals surface area contributed by atoms with Crippen molar-refractivity contribution >= 4 is 33.2 Å². The van der Waals surface area contributed by atoms with Gasteiger partial charge in [0.1, 0.15) is 5.82 Å². The highest BCUT2D eigenvalue weighted by atomic mass is 79.9. The Morgan fingerprint density at radius 1 is 1.18 bits per heavy atom. The van der Waals surface area contributed by atoms with Crippen molar-refractivity contribution in [3.05, 3.63) is 52.5 Å². The summed E-state index contributed by atoms with van der Waals surface area (Å²) in [7, 11) is 0. The molecule has 2 aromatic carbocycles. The smallest absolute Gasteiger partial charge is 0.224 e. The van der Waals surface area contributed by atoms with Crippen LogP contribution < -0.4 is 15.0 Å². The summed E-state index contributed by atoms with van der Waals surface area (Å²) >= 11 is 3.44. The maximum absolute atomic E-state index is 13.5. The number of nitrogens with zero attached hydrogens (tertiary/aromatic N) is 1. The summed E-state index contributed by atoms with van der Waals surface area (Å²) in [6.45, 7) is 3.00. The summed E-state index contributed by atoms with van der Waals surface area (Å²) in [4.78, 5) is 14.5. The zero-order chi connectivity index (χ0) is 19.9. The van der Waals surface area contributed by atoms with Gasteiger partial charge in [0, 0.05) is 30.0 Å². The monoisotopic (exact) mass is 454 g/mol. The Bertz CT molecular complexity index is 829. The van der Waals surface area contributed by atoms with Gasteiger partial charge in [0.2, 0.25) is 5.91 Å². The van der Waals surface area contributed by atoms with Gasteiger partial charge in [-0.05, 0) is 36.8 Å². The number of hydrogen-bond donors (Lipinski definition) is 1. The van der Waals surface area contributed by atoms with E-state index in [9.17, 15) is 13.6 Å². The van der Waals surface area contributed by atoms with E-state index in [4.69, 9.17) is 9.47 Å². The summed E-state index contributed by atoms with van der Waals surface area (Å²) in [5.41, 5.74) is 1.68. The third-order valence-electron chi connectivity index (χ3n) is 4.28. The van der Waals surface area contributed by atoms with Gasteiger partial charge in [-0.3, -0.25) is 4.79 Å². The van der Waals surface area contributed by atoms with E-state index in [0.29, 0.717) is 19.6 Å². The highest BCUT2D eigenvalue weighted by Gasteiger charge is 2.16. The van der Waals surface area contributed by atoms with Crippen LogP contribution in [0.4, 0.5) is 20.2 Å². The molecule has 28 heavy (non-hydrogen) atoms. The van der Waals surface area contributed by atoms with Gasteiger partial charge in [-0.25, -0.2) is 8.78 Å². The number of morpholine rings is 1. The molecule has 0 aliphatic carbocycles. The number of anilines is 2. The van der Waals surface area contributed by atoms with Crippen molar-refractivity contribution in [1.82, 2.24) is 0 Å². The van der Waals surface area contributed by atoms with Gasteiger partial charge in [0.25, 0.3) is 0 Å². The van der Waals surface area contributed by atoms with E-state index in [-0.39, 0.29) is 24.7 Å². The number of ether oxygens (including phenoxy) is 2. The number of rotatable bonds is 7. The molecular weight excluding hydrogens is 434 g/mol. The van der Waals surface area contributed by atoms with E-state index >= 15 is 0 Å². The Balaban J connectivity index is 1.52. The molecule has 150 valence electrons. The molecule has 0 saturated carbocycles. The third-order valence-corrected chi connectivity index (χ3v) is 4.78. The van der Waals surface area contributed by atoms with E-state index < -0.39 is 11.6 Å². The molecule has 8 heteroatoms. The molecular formula is C20H21BrF2N2O3. The zero-order valence-electron chi connectivity index (χ0n) is 15.2. The summed E-state index contributed by atoms with van der Waals surface area (Å²) in [6.07, 6.45) is 0.626. The second kappa shape index (κ2) is 9.84. The number of hydrogen-bond acceptors (Lipinski definition) is 4. The van der Waals surface area contributed by atoms with Crippen LogP contribution in [-0.2, 0) is 9.53 Å². The molecule has 1 saturated heterocycles. The number of carbonyl (C=O) groups excluding carboxylic acids is 1. The molecule has 1 aliphatic heterocycles. The molecule has 0 bridgehead atoms. The first-order valence-corrected chi connectivity index (χ1v) is 9.82. The first-order chi connectivity index (χ1) is 13.5. The normalized spacial score (nSPS) is 14.0. The van der Waals surface area contributed by atoms with Crippen LogP contribution in [0.2, 0.25) is 0 Å². The van der Waals surface area contributed by atoms with Gasteiger partial charge in [0.05, 0.1) is 31.2 Å². The van der Waals surface area contributed by atoms with Crippen LogP contribution in [0.1, 0.15) is 12.8 Å². The lowest BCUT2D eigenvalue weighted by Crippen LogP contribution is -2.36. The van der Waals surface area contributed by atoms with Crippen LogP contribution in [0.5, 0.6) is 5.75 Å². The van der Waals surface area contributed by atoms with Crippen LogP contribution >= 0.6 is 15.9 Å². The molecule has 1 aliphatic rings. The molecule has 1 heterocycles. The second-order valence-electron chi connectivity index (χ2n) is 6.34. The van der Waals surface area contributed by atoms with Gasteiger partial charge in [-0.1, -0.05) is 15.9 Å². The van der Waals surface area contributed by atoms with Crippen molar-refractivity contribution in [2.24, 2.45) is 0 Å². The van der Waals surface area contributed by atoms with Crippen molar-refractivity contribution in [1.29, 1.82) is 0 Å². The first-order valence-electron chi connectivity index (χ1n) is 9.03. The zero-order valence-corrected chi connectivity index (χ0v) is 16.8. The fourth-order valence-corrected chi connectivity index (χ4v) is 3.27. The highest BCUT2D eigenvalue weighted by molar-refractivity contribution is 9.10. The number of carbonyl (C=O) groups is 1. The van der Waals surface area contributed by atoms with Crippen LogP contribution in [0.25, 0.3) is 0 Å². The van der Waals surface area contributed by atoms with Gasteiger partial charge < -0.3 is 19.7 Å². The molecule has 0 radical (unpaired) electrons. The lowest BCUT2D eigenvalue weighted by atomic mass is 10.2. The number of benzene rings is 2. The van der Waals surface area contributed by atoms with Crippen molar-refractivity contribution in [3.63, 3.8) is 0 Å². The van der Waals surface area contributed by atoms with Gasteiger partial charge in [0.15, 0.2) is 11.6 Å². The third kappa shape index (κ3) is 5.65. The number of halogens is 3. The minimum absolute atomic E-state index is 0.0246. The Morgan fingerprint density at radius 2 is 1.96 bits per heavy atom. The standard InChI is InChI=1S/C20H21BrF2N2O3/c21-14-3-5-18(25-7-10-27-11-8-25)17(12-14)24-20(26)2-1-9-28-19-6-4-15(22)13-16(19)23/h3-6,12-13H,1-2,7-11H2,(H,24,26). The minimum atomic E-state index is -0.756. The quantitative estimate of drug-likeness (QED) is 0.631. The van der Waals surface area contributed by atoms with Crippen LogP contribution in [0.3, 0.4) is 0 Å². The number of amides is 1. The summed E-state index contributed by atoms with van der Waals surface area (Å²) < 4.78 is 37.9. The van der Waals surface area contributed by atoms with E-state index in [1.54, 1.807) is 0 Å². The summed E-state index contributed by atoms with van der Waals surface area (Å²) in [6, 6.07) is 8.90. The molecule has 3 rings (SSSR count). The predicted octanol–water partition coefficient (Wildman–Crippen LogP) is 4.36. The maximum Gasteiger partial charge on any atom is 0.224 e. The Morgan fingerprint density at radius 3 is 2.71 bits per heavy atom. The predicted molar refractivity (Wildman–Crippen MR) is 107 cm³/mol. The Hall–Kier alpha value is -2.19. The van der Waals surface area contributed by atoms with Gasteiger partial charge in [-0.2, -0.15) is 0 Å². The van der Waals surface area contributed by atoms with Crippen molar-refractivity contribution in [2.45, 2.75) is 12.8 Å². The summed E-state index contributed by atoms with van der Waals surface area (Å²) in [5, 5.41) is 2.94. The molecule has 1 fully saturated rings. The number of nitrogens with one attached hydrogen (secondary N) is 1. The topological polar surface area (TPSA) is 50.8 Å². The van der Waals surface area contributed by atoms with Gasteiger partial charge in [-0.15, -0.1) is 0 Å². The van der Waals surface area contributed by atoms with E-state index in [2.05, 4.69) is 26.1 Å². The molecule has 1 amide bonds. The second-order valence-corrected chi connectivity index (χ2v) is 7.25. The van der Waals surface area contributed by atoms with Crippen molar-refractivity contribution in [3.8, 4) is 5.75 Å². The van der Waals surface area contributed by atoms with Crippen molar-refractivity contribution < 1.29 is 23.0 Å². The largest absolute Gasteiger partial charge is 0.491 e. The van der Waals surface area contributed by atoms with E-state index in [0.717, 1.165) is 41.1 Å². The maximum atomic E-state index is 13.5. The fourth-order valence-electron chi connectivity index (χ4n) is 2.91. The highest BCUT2D eigenvalue weighted by Crippen LogP contribution is 2.30. The lowest BCUT2D eigenvalue weighted by molar-refractivity contribution is -0.116. The van der Waals surface area contributed by atoms with Crippen LogP contribution in [0, 0.1) is 11.6 Å². The average molecular weight is 455 g/mol. The Labute approximate surface area is 170 Å². The van der Waals surface area contributed by atoms with Crippen molar-refractivity contribution in [2.75, 3.05) is 43.1 Å². The fraction of sp³-hybridized carbons (Fsp3) is 0.350. The van der Waals surface area contributed by atoms with E-state index in [1.165, 1.54) is 6.07 Å². The lowest BCUT2D eigenvalue weighted by Gasteiger charge is -2.30. The molecule has 0 unspecified atom stereocenters. The molecule has 2 aromatic rings.